The Hall–Kier alpha value is -2.62. The van der Waals surface area contributed by atoms with Crippen molar-refractivity contribution in [3.63, 3.8) is 0 Å². The number of hydrogen-bond acceptors (Lipinski definition) is 4. The SMILES string of the molecule is CCCCCC(OC(=O)c1ccccc1)C(C)C(CC)OC(=O)c1ccccc1. The molecule has 0 aliphatic rings. The van der Waals surface area contributed by atoms with Gasteiger partial charge in [0.05, 0.1) is 11.1 Å². The van der Waals surface area contributed by atoms with Gasteiger partial charge in [-0.05, 0) is 43.5 Å². The molecule has 0 aliphatic heterocycles. The van der Waals surface area contributed by atoms with Crippen LogP contribution >= 0.6 is 0 Å². The lowest BCUT2D eigenvalue weighted by atomic mass is 9.92. The van der Waals surface area contributed by atoms with E-state index in [1.165, 1.54) is 0 Å². The minimum absolute atomic E-state index is 0.0998. The smallest absolute Gasteiger partial charge is 0.338 e. The average Bonchev–Trinajstić information content (AvgIpc) is 2.77. The van der Waals surface area contributed by atoms with Gasteiger partial charge in [-0.2, -0.15) is 0 Å². The van der Waals surface area contributed by atoms with Gasteiger partial charge in [-0.3, -0.25) is 0 Å². The summed E-state index contributed by atoms with van der Waals surface area (Å²) in [5.74, 6) is -0.772. The molecular formula is C25H32O4. The van der Waals surface area contributed by atoms with Crippen LogP contribution in [0.3, 0.4) is 0 Å². The molecule has 0 heterocycles. The summed E-state index contributed by atoms with van der Waals surface area (Å²) in [5.41, 5.74) is 1.07. The van der Waals surface area contributed by atoms with Crippen LogP contribution < -0.4 is 0 Å². The van der Waals surface area contributed by atoms with E-state index in [0.717, 1.165) is 25.7 Å². The van der Waals surface area contributed by atoms with Crippen LogP contribution in [0, 0.1) is 5.92 Å². The first-order chi connectivity index (χ1) is 14.1. The molecule has 3 unspecified atom stereocenters. The maximum atomic E-state index is 12.6. The maximum absolute atomic E-state index is 12.6. The van der Waals surface area contributed by atoms with Crippen molar-refractivity contribution in [2.45, 2.75) is 65.1 Å². The molecule has 2 aromatic rings. The van der Waals surface area contributed by atoms with Crippen LogP contribution in [0.5, 0.6) is 0 Å². The Labute approximate surface area is 174 Å². The topological polar surface area (TPSA) is 52.6 Å². The zero-order valence-electron chi connectivity index (χ0n) is 17.7. The minimum Gasteiger partial charge on any atom is -0.458 e. The van der Waals surface area contributed by atoms with E-state index >= 15 is 0 Å². The van der Waals surface area contributed by atoms with E-state index in [-0.39, 0.29) is 30.1 Å². The molecular weight excluding hydrogens is 364 g/mol. The van der Waals surface area contributed by atoms with E-state index in [1.807, 2.05) is 50.2 Å². The molecule has 2 rings (SSSR count). The first kappa shape index (κ1) is 22.7. The van der Waals surface area contributed by atoms with Crippen molar-refractivity contribution in [1.82, 2.24) is 0 Å². The van der Waals surface area contributed by atoms with Crippen LogP contribution in [-0.2, 0) is 9.47 Å². The fourth-order valence-electron chi connectivity index (χ4n) is 3.39. The van der Waals surface area contributed by atoms with Gasteiger partial charge in [0.15, 0.2) is 0 Å². The number of carbonyl (C=O) groups excluding carboxylic acids is 2. The van der Waals surface area contributed by atoms with Gasteiger partial charge in [-0.1, -0.05) is 70.0 Å². The van der Waals surface area contributed by atoms with Crippen molar-refractivity contribution >= 4 is 11.9 Å². The number of unbranched alkanes of at least 4 members (excludes halogenated alkanes) is 2. The van der Waals surface area contributed by atoms with E-state index < -0.39 is 0 Å². The minimum atomic E-state index is -0.342. The monoisotopic (exact) mass is 396 g/mol. The van der Waals surface area contributed by atoms with E-state index in [1.54, 1.807) is 24.3 Å². The summed E-state index contributed by atoms with van der Waals surface area (Å²) in [5, 5.41) is 0. The van der Waals surface area contributed by atoms with Gasteiger partial charge in [0.25, 0.3) is 0 Å². The number of esters is 2. The maximum Gasteiger partial charge on any atom is 0.338 e. The molecule has 0 aromatic heterocycles. The van der Waals surface area contributed by atoms with Gasteiger partial charge in [-0.25, -0.2) is 9.59 Å². The summed E-state index contributed by atoms with van der Waals surface area (Å²) in [6, 6.07) is 18.0. The molecule has 3 atom stereocenters. The predicted octanol–water partition coefficient (Wildman–Crippen LogP) is 6.06. The Kier molecular flexibility index (Phi) is 9.42. The molecule has 29 heavy (non-hydrogen) atoms. The predicted molar refractivity (Wildman–Crippen MR) is 115 cm³/mol. The molecule has 0 saturated heterocycles. The van der Waals surface area contributed by atoms with Gasteiger partial charge < -0.3 is 9.47 Å². The van der Waals surface area contributed by atoms with Crippen molar-refractivity contribution < 1.29 is 19.1 Å². The normalized spacial score (nSPS) is 13.9. The molecule has 4 heteroatoms. The second-order valence-corrected chi connectivity index (χ2v) is 7.38. The Morgan fingerprint density at radius 1 is 0.759 bits per heavy atom. The average molecular weight is 397 g/mol. The van der Waals surface area contributed by atoms with Crippen LogP contribution in [0.25, 0.3) is 0 Å². The Morgan fingerprint density at radius 3 is 1.69 bits per heavy atom. The van der Waals surface area contributed by atoms with Crippen molar-refractivity contribution in [3.8, 4) is 0 Å². The van der Waals surface area contributed by atoms with Crippen LogP contribution in [-0.4, -0.2) is 24.1 Å². The van der Waals surface area contributed by atoms with Crippen molar-refractivity contribution in [2.75, 3.05) is 0 Å². The number of benzene rings is 2. The number of hydrogen-bond donors (Lipinski definition) is 0. The van der Waals surface area contributed by atoms with Gasteiger partial charge in [0.1, 0.15) is 12.2 Å². The number of ether oxygens (including phenoxy) is 2. The third kappa shape index (κ3) is 7.04. The Morgan fingerprint density at radius 2 is 1.24 bits per heavy atom. The highest BCUT2D eigenvalue weighted by atomic mass is 16.6. The van der Waals surface area contributed by atoms with Crippen molar-refractivity contribution in [3.05, 3.63) is 71.8 Å². The largest absolute Gasteiger partial charge is 0.458 e. The molecule has 156 valence electrons. The van der Waals surface area contributed by atoms with Crippen LogP contribution in [0.2, 0.25) is 0 Å². The van der Waals surface area contributed by atoms with Crippen molar-refractivity contribution in [2.24, 2.45) is 5.92 Å². The van der Waals surface area contributed by atoms with Crippen molar-refractivity contribution in [1.29, 1.82) is 0 Å². The highest BCUT2D eigenvalue weighted by Crippen LogP contribution is 2.25. The summed E-state index contributed by atoms with van der Waals surface area (Å²) >= 11 is 0. The lowest BCUT2D eigenvalue weighted by Crippen LogP contribution is -2.36. The van der Waals surface area contributed by atoms with Gasteiger partial charge in [0.2, 0.25) is 0 Å². The zero-order valence-corrected chi connectivity index (χ0v) is 17.7. The van der Waals surface area contributed by atoms with E-state index in [2.05, 4.69) is 6.92 Å². The van der Waals surface area contributed by atoms with Crippen LogP contribution in [0.1, 0.15) is 73.6 Å². The standard InChI is InChI=1S/C25H32O4/c1-4-6-9-18-23(29-25(27)21-16-12-8-13-17-21)19(3)22(5-2)28-24(26)20-14-10-7-11-15-20/h7-8,10-17,19,22-23H,4-6,9,18H2,1-3H3. The van der Waals surface area contributed by atoms with E-state index in [0.29, 0.717) is 17.5 Å². The lowest BCUT2D eigenvalue weighted by Gasteiger charge is -2.30. The first-order valence-corrected chi connectivity index (χ1v) is 10.6. The molecule has 0 amide bonds. The summed E-state index contributed by atoms with van der Waals surface area (Å²) < 4.78 is 11.7. The van der Waals surface area contributed by atoms with Gasteiger partial charge in [0, 0.05) is 5.92 Å². The Balaban J connectivity index is 2.09. The summed E-state index contributed by atoms with van der Waals surface area (Å²) in [6.45, 7) is 6.13. The quantitative estimate of drug-likeness (QED) is 0.342. The fraction of sp³-hybridized carbons (Fsp3) is 0.440. The molecule has 4 nitrogen and oxygen atoms in total. The fourth-order valence-corrected chi connectivity index (χ4v) is 3.39. The number of rotatable bonds is 11. The molecule has 0 spiro atoms. The third-order valence-electron chi connectivity index (χ3n) is 5.20. The van der Waals surface area contributed by atoms with Crippen LogP contribution in [0.4, 0.5) is 0 Å². The summed E-state index contributed by atoms with van der Waals surface area (Å²) in [7, 11) is 0. The number of carbonyl (C=O) groups is 2. The summed E-state index contributed by atoms with van der Waals surface area (Å²) in [6.07, 6.45) is 3.93. The Bertz CT molecular complexity index is 742. The molecule has 0 bridgehead atoms. The molecule has 2 aromatic carbocycles. The molecule has 0 N–H and O–H groups in total. The molecule has 0 radical (unpaired) electrons. The first-order valence-electron chi connectivity index (χ1n) is 10.6. The highest BCUT2D eigenvalue weighted by Gasteiger charge is 2.30. The second-order valence-electron chi connectivity index (χ2n) is 7.38. The zero-order chi connectivity index (χ0) is 21.1. The summed E-state index contributed by atoms with van der Waals surface area (Å²) in [4.78, 5) is 25.1. The molecule has 0 aliphatic carbocycles. The third-order valence-corrected chi connectivity index (χ3v) is 5.20. The van der Waals surface area contributed by atoms with Gasteiger partial charge in [-0.15, -0.1) is 0 Å². The molecule has 0 fully saturated rings. The highest BCUT2D eigenvalue weighted by molar-refractivity contribution is 5.90. The second kappa shape index (κ2) is 12.1. The molecule has 0 saturated carbocycles. The van der Waals surface area contributed by atoms with E-state index in [4.69, 9.17) is 9.47 Å². The van der Waals surface area contributed by atoms with Gasteiger partial charge >= 0.3 is 11.9 Å². The van der Waals surface area contributed by atoms with Crippen LogP contribution in [0.15, 0.2) is 60.7 Å². The lowest BCUT2D eigenvalue weighted by molar-refractivity contribution is -0.0318. The van der Waals surface area contributed by atoms with E-state index in [9.17, 15) is 9.59 Å².